The van der Waals surface area contributed by atoms with Gasteiger partial charge in [0.2, 0.25) is 5.95 Å². The minimum absolute atomic E-state index is 0.0385. The number of amides is 1. The molecule has 0 N–H and O–H groups in total. The van der Waals surface area contributed by atoms with Crippen molar-refractivity contribution < 1.29 is 35.9 Å². The van der Waals surface area contributed by atoms with Gasteiger partial charge in [0.05, 0.1) is 29.4 Å². The van der Waals surface area contributed by atoms with Crippen molar-refractivity contribution >= 4 is 23.6 Å². The average molecular weight is 571 g/mol. The summed E-state index contributed by atoms with van der Waals surface area (Å²) in [5.74, 6) is 0.441. The standard InChI is InChI=1S/C26H21ClF6N4O2/c1-14-22(15-9-16(25(28,29)30)11-17(10-15)26(31,32)33)39-24(38)37(14)13-21-19(18-5-2-3-6-20(18)27)12-34-23(35-21)36-7-4-8-36/h2-3,5-6,9-12,14,22H,4,7-8,13H2,1H3. The lowest BCUT2D eigenvalue weighted by molar-refractivity contribution is -0.143. The van der Waals surface area contributed by atoms with Crippen LogP contribution in [0.1, 0.15) is 41.8 Å². The number of cyclic esters (lactones) is 1. The van der Waals surface area contributed by atoms with E-state index in [4.69, 9.17) is 16.3 Å². The predicted octanol–water partition coefficient (Wildman–Crippen LogP) is 7.13. The molecule has 2 atom stereocenters. The van der Waals surface area contributed by atoms with E-state index >= 15 is 0 Å². The Hall–Kier alpha value is -3.54. The molecule has 2 aromatic carbocycles. The molecule has 0 aliphatic carbocycles. The van der Waals surface area contributed by atoms with Gasteiger partial charge in [0, 0.05) is 35.4 Å². The van der Waals surface area contributed by atoms with E-state index in [2.05, 4.69) is 9.97 Å². The van der Waals surface area contributed by atoms with Gasteiger partial charge in [-0.1, -0.05) is 29.8 Å². The minimum atomic E-state index is -5.03. The zero-order valence-corrected chi connectivity index (χ0v) is 21.1. The lowest BCUT2D eigenvalue weighted by Gasteiger charge is -2.31. The summed E-state index contributed by atoms with van der Waals surface area (Å²) in [7, 11) is 0. The molecule has 3 aromatic rings. The van der Waals surface area contributed by atoms with Crippen molar-refractivity contribution in [1.29, 1.82) is 0 Å². The highest BCUT2D eigenvalue weighted by molar-refractivity contribution is 6.33. The minimum Gasteiger partial charge on any atom is -0.439 e. The number of benzene rings is 2. The maximum absolute atomic E-state index is 13.4. The van der Waals surface area contributed by atoms with Gasteiger partial charge in [-0.25, -0.2) is 14.8 Å². The highest BCUT2D eigenvalue weighted by Gasteiger charge is 2.43. The maximum Gasteiger partial charge on any atom is 0.416 e. The Labute approximate surface area is 224 Å². The number of aromatic nitrogens is 2. The predicted molar refractivity (Wildman–Crippen MR) is 130 cm³/mol. The molecular weight excluding hydrogens is 550 g/mol. The second kappa shape index (κ2) is 9.89. The van der Waals surface area contributed by atoms with Crippen LogP contribution in [0.4, 0.5) is 37.1 Å². The second-order valence-corrected chi connectivity index (χ2v) is 9.77. The molecule has 0 bridgehead atoms. The Balaban J connectivity index is 1.51. The Morgan fingerprint density at radius 1 is 1.00 bits per heavy atom. The van der Waals surface area contributed by atoms with E-state index in [9.17, 15) is 31.1 Å². The van der Waals surface area contributed by atoms with Crippen LogP contribution in [0.15, 0.2) is 48.7 Å². The highest BCUT2D eigenvalue weighted by atomic mass is 35.5. The number of carbonyl (C=O) groups excluding carboxylic acids is 1. The van der Waals surface area contributed by atoms with Crippen LogP contribution >= 0.6 is 11.6 Å². The van der Waals surface area contributed by atoms with Gasteiger partial charge in [0.15, 0.2) is 0 Å². The number of nitrogens with zero attached hydrogens (tertiary/aromatic N) is 4. The molecule has 1 amide bonds. The lowest BCUT2D eigenvalue weighted by Crippen LogP contribution is -2.39. The van der Waals surface area contributed by atoms with Crippen LogP contribution in [0.3, 0.4) is 0 Å². The van der Waals surface area contributed by atoms with Gasteiger partial charge in [-0.15, -0.1) is 0 Å². The Kier molecular flexibility index (Phi) is 6.86. The van der Waals surface area contributed by atoms with E-state index in [-0.39, 0.29) is 12.6 Å². The molecule has 0 radical (unpaired) electrons. The average Bonchev–Trinajstić information content (AvgIpc) is 3.11. The van der Waals surface area contributed by atoms with Crippen molar-refractivity contribution in [2.45, 2.75) is 44.4 Å². The first-order valence-electron chi connectivity index (χ1n) is 12.0. The van der Waals surface area contributed by atoms with E-state index in [0.29, 0.717) is 39.9 Å². The molecule has 2 aliphatic heterocycles. The molecule has 5 rings (SSSR count). The molecular formula is C26H21ClF6N4O2. The summed E-state index contributed by atoms with van der Waals surface area (Å²) in [6.07, 6.45) is -9.77. The number of anilines is 1. The van der Waals surface area contributed by atoms with E-state index < -0.39 is 47.3 Å². The summed E-state index contributed by atoms with van der Waals surface area (Å²) in [6.45, 7) is 2.87. The summed E-state index contributed by atoms with van der Waals surface area (Å²) < 4.78 is 85.9. The van der Waals surface area contributed by atoms with Gasteiger partial charge in [-0.3, -0.25) is 4.90 Å². The number of ether oxygens (including phenoxy) is 1. The van der Waals surface area contributed by atoms with Crippen LogP contribution in [0.5, 0.6) is 0 Å². The second-order valence-electron chi connectivity index (χ2n) is 9.36. The van der Waals surface area contributed by atoms with Crippen molar-refractivity contribution in [3.63, 3.8) is 0 Å². The molecule has 2 unspecified atom stereocenters. The quantitative estimate of drug-likeness (QED) is 0.306. The molecule has 3 heterocycles. The van der Waals surface area contributed by atoms with Crippen molar-refractivity contribution in [3.8, 4) is 11.1 Å². The summed E-state index contributed by atoms with van der Waals surface area (Å²) >= 11 is 6.40. The molecule has 0 saturated carbocycles. The monoisotopic (exact) mass is 570 g/mol. The number of hydrogen-bond acceptors (Lipinski definition) is 5. The zero-order chi connectivity index (χ0) is 28.1. The maximum atomic E-state index is 13.4. The molecule has 0 spiro atoms. The Morgan fingerprint density at radius 3 is 2.21 bits per heavy atom. The van der Waals surface area contributed by atoms with E-state index in [1.54, 1.807) is 30.5 Å². The van der Waals surface area contributed by atoms with Crippen LogP contribution in [0, 0.1) is 0 Å². The lowest BCUT2D eigenvalue weighted by atomic mass is 9.97. The van der Waals surface area contributed by atoms with Crippen LogP contribution in [-0.4, -0.2) is 40.1 Å². The molecule has 39 heavy (non-hydrogen) atoms. The summed E-state index contributed by atoms with van der Waals surface area (Å²) in [6, 6.07) is 7.23. The van der Waals surface area contributed by atoms with E-state index in [1.165, 1.54) is 11.8 Å². The zero-order valence-electron chi connectivity index (χ0n) is 20.4. The van der Waals surface area contributed by atoms with Gasteiger partial charge >= 0.3 is 18.4 Å². The number of carbonyl (C=O) groups is 1. The number of alkyl halides is 6. The van der Waals surface area contributed by atoms with Crippen molar-refractivity contribution in [2.24, 2.45) is 0 Å². The molecule has 2 saturated heterocycles. The van der Waals surface area contributed by atoms with Crippen molar-refractivity contribution in [1.82, 2.24) is 14.9 Å². The summed E-state index contributed by atoms with van der Waals surface area (Å²) in [5.41, 5.74) is -1.82. The third kappa shape index (κ3) is 5.34. The SMILES string of the molecule is CC1C(c2cc(C(F)(F)F)cc(C(F)(F)F)c2)OC(=O)N1Cc1nc(N2CCC2)ncc1-c1ccccc1Cl. The number of rotatable bonds is 5. The fourth-order valence-electron chi connectivity index (χ4n) is 4.56. The summed E-state index contributed by atoms with van der Waals surface area (Å²) in [4.78, 5) is 25.2. The van der Waals surface area contributed by atoms with Crippen LogP contribution in [0.25, 0.3) is 11.1 Å². The molecule has 2 aliphatic rings. The van der Waals surface area contributed by atoms with E-state index in [1.807, 2.05) is 4.90 Å². The third-order valence-electron chi connectivity index (χ3n) is 6.81. The fourth-order valence-corrected chi connectivity index (χ4v) is 4.80. The van der Waals surface area contributed by atoms with Crippen LogP contribution in [-0.2, 0) is 23.6 Å². The van der Waals surface area contributed by atoms with E-state index in [0.717, 1.165) is 19.5 Å². The van der Waals surface area contributed by atoms with Gasteiger partial charge in [-0.2, -0.15) is 26.3 Å². The molecule has 13 heteroatoms. The van der Waals surface area contributed by atoms with Crippen LogP contribution in [0.2, 0.25) is 5.02 Å². The summed E-state index contributed by atoms with van der Waals surface area (Å²) in [5, 5.41) is 0.414. The molecule has 2 fully saturated rings. The topological polar surface area (TPSA) is 58.6 Å². The number of halogens is 7. The fraction of sp³-hybridized carbons (Fsp3) is 0.346. The van der Waals surface area contributed by atoms with Crippen LogP contribution < -0.4 is 4.90 Å². The van der Waals surface area contributed by atoms with Gasteiger partial charge in [-0.05, 0) is 43.2 Å². The normalized spacial score (nSPS) is 19.7. The first kappa shape index (κ1) is 27.0. The van der Waals surface area contributed by atoms with Crippen molar-refractivity contribution in [2.75, 3.05) is 18.0 Å². The first-order valence-corrected chi connectivity index (χ1v) is 12.3. The van der Waals surface area contributed by atoms with Gasteiger partial charge in [0.25, 0.3) is 0 Å². The largest absolute Gasteiger partial charge is 0.439 e. The van der Waals surface area contributed by atoms with Gasteiger partial charge in [0.1, 0.15) is 6.10 Å². The molecule has 206 valence electrons. The smallest absolute Gasteiger partial charge is 0.416 e. The third-order valence-corrected chi connectivity index (χ3v) is 7.14. The Bertz CT molecular complexity index is 1380. The van der Waals surface area contributed by atoms with Crippen molar-refractivity contribution in [3.05, 3.63) is 76.1 Å². The molecule has 1 aromatic heterocycles. The number of hydrogen-bond donors (Lipinski definition) is 0. The highest BCUT2D eigenvalue weighted by Crippen LogP contribution is 2.41. The first-order chi connectivity index (χ1) is 18.3. The molecule has 6 nitrogen and oxygen atoms in total. The Morgan fingerprint density at radius 2 is 1.64 bits per heavy atom. The van der Waals surface area contributed by atoms with Gasteiger partial charge < -0.3 is 9.64 Å².